The molecule has 0 radical (unpaired) electrons. The molecule has 1 aliphatic heterocycles. The van der Waals surface area contributed by atoms with Crippen LogP contribution in [0.4, 0.5) is 0 Å². The Kier molecular flexibility index (Phi) is 3.19. The van der Waals surface area contributed by atoms with Crippen molar-refractivity contribution in [1.82, 2.24) is 9.80 Å². The largest absolute Gasteiger partial charge is 0.325 e. The first kappa shape index (κ1) is 14.3. The fourth-order valence-corrected chi connectivity index (χ4v) is 4.19. The number of amides is 2. The van der Waals surface area contributed by atoms with E-state index in [1.54, 1.807) is 23.9 Å². The number of rotatable bonds is 0. The lowest BCUT2D eigenvalue weighted by Crippen LogP contribution is -2.67. The molecule has 1 heterocycles. The third-order valence-corrected chi connectivity index (χ3v) is 5.62. The third-order valence-electron chi connectivity index (χ3n) is 5.62. The van der Waals surface area contributed by atoms with Gasteiger partial charge in [-0.25, -0.2) is 0 Å². The van der Waals surface area contributed by atoms with E-state index >= 15 is 0 Å². The molecule has 21 heavy (non-hydrogen) atoms. The van der Waals surface area contributed by atoms with Gasteiger partial charge in [0.2, 0.25) is 11.8 Å². The quantitative estimate of drug-likeness (QED) is 0.633. The first-order chi connectivity index (χ1) is 9.91. The Morgan fingerprint density at radius 3 is 2.38 bits per heavy atom. The van der Waals surface area contributed by atoms with E-state index in [1.807, 2.05) is 13.0 Å². The van der Waals surface area contributed by atoms with Gasteiger partial charge in [0.15, 0.2) is 5.78 Å². The van der Waals surface area contributed by atoms with Gasteiger partial charge in [-0.15, -0.1) is 0 Å². The van der Waals surface area contributed by atoms with Crippen molar-refractivity contribution in [3.05, 3.63) is 11.6 Å². The monoisotopic (exact) mass is 290 g/mol. The minimum atomic E-state index is -1.05. The number of carbonyl (C=O) groups excluding carboxylic acids is 3. The van der Waals surface area contributed by atoms with Crippen LogP contribution in [0.5, 0.6) is 0 Å². The van der Waals surface area contributed by atoms with Gasteiger partial charge in [-0.2, -0.15) is 0 Å². The van der Waals surface area contributed by atoms with Gasteiger partial charge in [-0.05, 0) is 38.2 Å². The smallest absolute Gasteiger partial charge is 0.240 e. The van der Waals surface area contributed by atoms with E-state index in [0.29, 0.717) is 19.3 Å². The molecule has 3 aliphatic rings. The summed E-state index contributed by atoms with van der Waals surface area (Å²) < 4.78 is 0. The van der Waals surface area contributed by atoms with Crippen LogP contribution in [0.2, 0.25) is 0 Å². The molecule has 2 amide bonds. The van der Waals surface area contributed by atoms with Crippen LogP contribution < -0.4 is 0 Å². The molecule has 0 N–H and O–H groups in total. The lowest BCUT2D eigenvalue weighted by Gasteiger charge is -2.52. The molecule has 0 aromatic rings. The minimum absolute atomic E-state index is 0.108. The summed E-state index contributed by atoms with van der Waals surface area (Å²) in [6, 6.07) is 0. The molecule has 2 aliphatic carbocycles. The van der Waals surface area contributed by atoms with E-state index in [0.717, 1.165) is 18.4 Å². The van der Waals surface area contributed by atoms with Crippen LogP contribution >= 0.6 is 0 Å². The van der Waals surface area contributed by atoms with Crippen molar-refractivity contribution in [3.63, 3.8) is 0 Å². The molecule has 5 nitrogen and oxygen atoms in total. The predicted octanol–water partition coefficient (Wildman–Crippen LogP) is 1.34. The van der Waals surface area contributed by atoms with Crippen LogP contribution in [0.25, 0.3) is 0 Å². The number of carbonyl (C=O) groups is 3. The molecule has 1 spiro atoms. The maximum absolute atomic E-state index is 13.0. The van der Waals surface area contributed by atoms with Crippen molar-refractivity contribution in [2.24, 2.45) is 11.3 Å². The topological polar surface area (TPSA) is 57.7 Å². The van der Waals surface area contributed by atoms with Crippen LogP contribution in [-0.4, -0.2) is 47.7 Å². The molecule has 114 valence electrons. The van der Waals surface area contributed by atoms with Crippen LogP contribution in [-0.2, 0) is 14.4 Å². The van der Waals surface area contributed by atoms with Crippen molar-refractivity contribution in [2.75, 3.05) is 14.1 Å². The maximum atomic E-state index is 13.0. The maximum Gasteiger partial charge on any atom is 0.240 e. The highest BCUT2D eigenvalue weighted by molar-refractivity contribution is 6.10. The predicted molar refractivity (Wildman–Crippen MR) is 77.1 cm³/mol. The molecule has 2 fully saturated rings. The second kappa shape index (κ2) is 4.68. The molecule has 0 aromatic carbocycles. The Balaban J connectivity index is 2.10. The number of nitrogens with zero attached hydrogens (tertiary/aromatic N) is 2. The number of fused-ring (bicyclic) bond motifs is 2. The Bertz CT molecular complexity index is 530. The van der Waals surface area contributed by atoms with Crippen LogP contribution in [0.1, 0.15) is 39.0 Å². The van der Waals surface area contributed by atoms with E-state index in [4.69, 9.17) is 0 Å². The number of allylic oxidation sites excluding steroid dienone is 2. The van der Waals surface area contributed by atoms with Crippen molar-refractivity contribution >= 4 is 17.6 Å². The standard InChI is InChI=1S/C16H22N2O3/c1-10-17(2)14(20)16(15(21)18(10)3)9-5-6-11-12(16)7-4-8-13(11)19/h6,10,12H,4-5,7-9H2,1-3H3. The summed E-state index contributed by atoms with van der Waals surface area (Å²) in [5, 5.41) is 0. The highest BCUT2D eigenvalue weighted by Gasteiger charge is 2.60. The summed E-state index contributed by atoms with van der Waals surface area (Å²) in [7, 11) is 3.50. The molecule has 1 atom stereocenters. The fraction of sp³-hybridized carbons (Fsp3) is 0.688. The van der Waals surface area contributed by atoms with Gasteiger partial charge in [-0.3, -0.25) is 14.4 Å². The van der Waals surface area contributed by atoms with Crippen molar-refractivity contribution in [2.45, 2.75) is 45.2 Å². The molecule has 0 bridgehead atoms. The zero-order valence-electron chi connectivity index (χ0n) is 12.9. The molecule has 0 aromatic heterocycles. The van der Waals surface area contributed by atoms with E-state index in [1.165, 1.54) is 0 Å². The van der Waals surface area contributed by atoms with Crippen molar-refractivity contribution in [1.29, 1.82) is 0 Å². The molecule has 1 saturated heterocycles. The minimum Gasteiger partial charge on any atom is -0.325 e. The number of hydrogen-bond donors (Lipinski definition) is 0. The summed E-state index contributed by atoms with van der Waals surface area (Å²) in [6.45, 7) is 1.86. The lowest BCUT2D eigenvalue weighted by atomic mass is 9.59. The molecule has 3 rings (SSSR count). The summed E-state index contributed by atoms with van der Waals surface area (Å²) in [5.41, 5.74) is -0.318. The van der Waals surface area contributed by atoms with Gasteiger partial charge in [0, 0.05) is 26.4 Å². The summed E-state index contributed by atoms with van der Waals surface area (Å²) >= 11 is 0. The van der Waals surface area contributed by atoms with E-state index in [9.17, 15) is 14.4 Å². The zero-order chi connectivity index (χ0) is 15.4. The Hall–Kier alpha value is -1.65. The Labute approximate surface area is 125 Å². The normalized spacial score (nSPS) is 36.9. The molecule has 1 unspecified atom stereocenters. The SMILES string of the molecule is CC1N(C)C(=O)C2(CCC=C3C(=O)CCCC32)C(=O)N1C. The first-order valence-corrected chi connectivity index (χ1v) is 7.69. The van der Waals surface area contributed by atoms with Gasteiger partial charge in [0.05, 0.1) is 0 Å². The number of hydrogen-bond acceptors (Lipinski definition) is 3. The van der Waals surface area contributed by atoms with Crippen LogP contribution in [0, 0.1) is 11.3 Å². The van der Waals surface area contributed by atoms with Gasteiger partial charge >= 0.3 is 0 Å². The third kappa shape index (κ3) is 1.72. The molecule has 1 saturated carbocycles. The molecular formula is C16H22N2O3. The Morgan fingerprint density at radius 1 is 1.14 bits per heavy atom. The van der Waals surface area contributed by atoms with E-state index < -0.39 is 5.41 Å². The highest BCUT2D eigenvalue weighted by Crippen LogP contribution is 2.51. The second-order valence-electron chi connectivity index (χ2n) is 6.50. The first-order valence-electron chi connectivity index (χ1n) is 7.69. The van der Waals surface area contributed by atoms with Gasteiger partial charge in [0.1, 0.15) is 11.6 Å². The highest BCUT2D eigenvalue weighted by atomic mass is 16.2. The average molecular weight is 290 g/mol. The summed E-state index contributed by atoms with van der Waals surface area (Å²) in [5.74, 6) is -0.327. The average Bonchev–Trinajstić information content (AvgIpc) is 2.50. The number of ketones is 1. The summed E-state index contributed by atoms with van der Waals surface area (Å²) in [6.07, 6.45) is 4.94. The van der Waals surface area contributed by atoms with Gasteiger partial charge in [0.25, 0.3) is 0 Å². The second-order valence-corrected chi connectivity index (χ2v) is 6.50. The van der Waals surface area contributed by atoms with E-state index in [2.05, 4.69) is 0 Å². The van der Waals surface area contributed by atoms with Crippen LogP contribution in [0.3, 0.4) is 0 Å². The molecular weight excluding hydrogens is 268 g/mol. The van der Waals surface area contributed by atoms with Crippen molar-refractivity contribution in [3.8, 4) is 0 Å². The van der Waals surface area contributed by atoms with Crippen molar-refractivity contribution < 1.29 is 14.4 Å². The lowest BCUT2D eigenvalue weighted by molar-refractivity contribution is -0.176. The zero-order valence-corrected chi connectivity index (χ0v) is 12.9. The van der Waals surface area contributed by atoms with Gasteiger partial charge < -0.3 is 9.80 Å². The summed E-state index contributed by atoms with van der Waals surface area (Å²) in [4.78, 5) is 41.4. The number of Topliss-reactive ketones (excluding diaryl/α,β-unsaturated/α-hetero) is 1. The Morgan fingerprint density at radius 2 is 1.76 bits per heavy atom. The molecule has 5 heteroatoms. The van der Waals surface area contributed by atoms with E-state index in [-0.39, 0.29) is 29.7 Å². The van der Waals surface area contributed by atoms with Gasteiger partial charge in [-0.1, -0.05) is 6.08 Å². The van der Waals surface area contributed by atoms with Crippen LogP contribution in [0.15, 0.2) is 11.6 Å². The fourth-order valence-electron chi connectivity index (χ4n) is 4.19.